The van der Waals surface area contributed by atoms with E-state index < -0.39 is 10.0 Å². The zero-order valence-electron chi connectivity index (χ0n) is 14.8. The summed E-state index contributed by atoms with van der Waals surface area (Å²) in [6.45, 7) is 1.88. The summed E-state index contributed by atoms with van der Waals surface area (Å²) in [4.78, 5) is 21.1. The van der Waals surface area contributed by atoms with Crippen molar-refractivity contribution in [1.82, 2.24) is 15.3 Å². The number of anilines is 1. The average Bonchev–Trinajstić information content (AvgIpc) is 3.44. The molecular weight excluding hydrogens is 372 g/mol. The molecule has 1 aliphatic rings. The second-order valence-electron chi connectivity index (χ2n) is 6.13. The molecule has 9 heteroatoms. The molecule has 1 aromatic carbocycles. The number of hydrogen-bond acceptors (Lipinski definition) is 6. The van der Waals surface area contributed by atoms with Gasteiger partial charge < -0.3 is 5.32 Å². The predicted octanol–water partition coefficient (Wildman–Crippen LogP) is 2.22. The molecule has 0 spiro atoms. The Labute approximate surface area is 157 Å². The zero-order chi connectivity index (χ0) is 18.9. The minimum absolute atomic E-state index is 0.0723. The van der Waals surface area contributed by atoms with Crippen LogP contribution < -0.4 is 9.62 Å². The maximum atomic E-state index is 13.0. The highest BCUT2D eigenvalue weighted by Crippen LogP contribution is 2.27. The number of aromatic nitrogens is 2. The molecule has 7 nitrogen and oxygen atoms in total. The van der Waals surface area contributed by atoms with Gasteiger partial charge in [-0.25, -0.2) is 18.4 Å². The van der Waals surface area contributed by atoms with Crippen molar-refractivity contribution in [3.05, 3.63) is 41.6 Å². The fourth-order valence-corrected chi connectivity index (χ4v) is 3.83. The Morgan fingerprint density at radius 2 is 1.92 bits per heavy atom. The molecule has 0 aliphatic heterocycles. The fraction of sp³-hybridized carbons (Fsp3) is 0.353. The molecule has 0 unspecified atom stereocenters. The SMILES string of the molecule is CSc1ncc(C(=O)NC2CC2)c(N(C)S(=O)(=O)c2ccc(C)cc2)n1. The van der Waals surface area contributed by atoms with Gasteiger partial charge in [0.1, 0.15) is 5.56 Å². The van der Waals surface area contributed by atoms with Crippen LogP contribution in [-0.4, -0.2) is 43.6 Å². The Balaban J connectivity index is 2.02. The summed E-state index contributed by atoms with van der Waals surface area (Å²) >= 11 is 1.28. The highest BCUT2D eigenvalue weighted by atomic mass is 32.2. The normalized spacial score (nSPS) is 14.1. The zero-order valence-corrected chi connectivity index (χ0v) is 16.4. The molecule has 3 rings (SSSR count). The molecule has 1 amide bonds. The molecule has 0 radical (unpaired) electrons. The number of carbonyl (C=O) groups is 1. The first-order valence-corrected chi connectivity index (χ1v) is 10.8. The standard InChI is InChI=1S/C17H20N4O3S2/c1-11-4-8-13(9-5-11)26(23,24)21(2)15-14(10-18-17(20-15)25-3)16(22)19-12-6-7-12/h4-5,8-10,12H,6-7H2,1-3H3,(H,19,22). The van der Waals surface area contributed by atoms with Gasteiger partial charge in [-0.2, -0.15) is 0 Å². The van der Waals surface area contributed by atoms with E-state index in [1.807, 2.05) is 6.92 Å². The van der Waals surface area contributed by atoms with Gasteiger partial charge in [0.05, 0.1) is 4.90 Å². The van der Waals surface area contributed by atoms with Crippen molar-refractivity contribution in [3.8, 4) is 0 Å². The summed E-state index contributed by atoms with van der Waals surface area (Å²) in [5, 5.41) is 3.25. The smallest absolute Gasteiger partial charge is 0.265 e. The van der Waals surface area contributed by atoms with E-state index in [2.05, 4.69) is 15.3 Å². The molecule has 138 valence electrons. The number of hydrogen-bond donors (Lipinski definition) is 1. The minimum Gasteiger partial charge on any atom is -0.349 e. The van der Waals surface area contributed by atoms with Gasteiger partial charge >= 0.3 is 0 Å². The third-order valence-electron chi connectivity index (χ3n) is 4.06. The molecule has 1 N–H and O–H groups in total. The van der Waals surface area contributed by atoms with Crippen LogP contribution in [0.25, 0.3) is 0 Å². The van der Waals surface area contributed by atoms with E-state index in [1.165, 1.54) is 25.0 Å². The van der Waals surface area contributed by atoms with Crippen molar-refractivity contribution in [3.63, 3.8) is 0 Å². The number of sulfonamides is 1. The molecule has 26 heavy (non-hydrogen) atoms. The van der Waals surface area contributed by atoms with Crippen molar-refractivity contribution < 1.29 is 13.2 Å². The second-order valence-corrected chi connectivity index (χ2v) is 8.87. The molecule has 2 aromatic rings. The summed E-state index contributed by atoms with van der Waals surface area (Å²) in [5.74, 6) is -0.288. The van der Waals surface area contributed by atoms with Gasteiger partial charge in [-0.05, 0) is 38.2 Å². The first-order chi connectivity index (χ1) is 12.3. The van der Waals surface area contributed by atoms with Crippen molar-refractivity contribution in [2.45, 2.75) is 35.9 Å². The van der Waals surface area contributed by atoms with Crippen molar-refractivity contribution in [2.75, 3.05) is 17.6 Å². The highest BCUT2D eigenvalue weighted by Gasteiger charge is 2.30. The largest absolute Gasteiger partial charge is 0.349 e. The average molecular weight is 393 g/mol. The van der Waals surface area contributed by atoms with Crippen LogP contribution in [0.15, 0.2) is 40.5 Å². The molecule has 1 aliphatic carbocycles. The Morgan fingerprint density at radius 1 is 1.27 bits per heavy atom. The van der Waals surface area contributed by atoms with E-state index in [1.54, 1.807) is 30.5 Å². The first kappa shape index (κ1) is 18.7. The molecule has 0 bridgehead atoms. The lowest BCUT2D eigenvalue weighted by Gasteiger charge is -2.21. The third kappa shape index (κ3) is 3.83. The van der Waals surface area contributed by atoms with Crippen LogP contribution in [0.2, 0.25) is 0 Å². The topological polar surface area (TPSA) is 92.3 Å². The Kier molecular flexibility index (Phi) is 5.19. The number of nitrogens with one attached hydrogen (secondary N) is 1. The van der Waals surface area contributed by atoms with Crippen LogP contribution in [0.5, 0.6) is 0 Å². The molecule has 1 fully saturated rings. The van der Waals surface area contributed by atoms with E-state index >= 15 is 0 Å². The summed E-state index contributed by atoms with van der Waals surface area (Å²) in [6.07, 6.45) is 5.04. The Bertz CT molecular complexity index is 926. The number of rotatable bonds is 6. The minimum atomic E-state index is -3.85. The summed E-state index contributed by atoms with van der Waals surface area (Å²) in [5.41, 5.74) is 1.11. The van der Waals surface area contributed by atoms with Crippen LogP contribution >= 0.6 is 11.8 Å². The van der Waals surface area contributed by atoms with Crippen LogP contribution in [0, 0.1) is 6.92 Å². The number of amides is 1. The molecular formula is C17H20N4O3S2. The lowest BCUT2D eigenvalue weighted by Crippen LogP contribution is -2.32. The molecule has 1 heterocycles. The number of thioether (sulfide) groups is 1. The Morgan fingerprint density at radius 3 is 2.50 bits per heavy atom. The van der Waals surface area contributed by atoms with Gasteiger partial charge in [-0.3, -0.25) is 9.10 Å². The molecule has 0 atom stereocenters. The number of benzene rings is 1. The van der Waals surface area contributed by atoms with Crippen molar-refractivity contribution in [2.24, 2.45) is 0 Å². The van der Waals surface area contributed by atoms with Gasteiger partial charge in [-0.1, -0.05) is 29.5 Å². The molecule has 1 aromatic heterocycles. The lowest BCUT2D eigenvalue weighted by molar-refractivity contribution is 0.0951. The van der Waals surface area contributed by atoms with Crippen molar-refractivity contribution >= 4 is 33.5 Å². The van der Waals surface area contributed by atoms with Crippen LogP contribution in [0.1, 0.15) is 28.8 Å². The van der Waals surface area contributed by atoms with Crippen LogP contribution in [-0.2, 0) is 10.0 Å². The summed E-state index contributed by atoms with van der Waals surface area (Å²) in [7, 11) is -2.45. The number of aryl methyl sites for hydroxylation is 1. The summed E-state index contributed by atoms with van der Waals surface area (Å²) < 4.78 is 27.0. The lowest BCUT2D eigenvalue weighted by atomic mass is 10.2. The quantitative estimate of drug-likeness (QED) is 0.599. The van der Waals surface area contributed by atoms with E-state index in [-0.39, 0.29) is 28.2 Å². The summed E-state index contributed by atoms with van der Waals surface area (Å²) in [6, 6.07) is 6.70. The molecule has 0 saturated heterocycles. The van der Waals surface area contributed by atoms with E-state index in [4.69, 9.17) is 0 Å². The van der Waals surface area contributed by atoms with Gasteiger partial charge in [-0.15, -0.1) is 0 Å². The van der Waals surface area contributed by atoms with Crippen LogP contribution in [0.4, 0.5) is 5.82 Å². The predicted molar refractivity (Wildman–Crippen MR) is 101 cm³/mol. The second kappa shape index (κ2) is 7.24. The van der Waals surface area contributed by atoms with E-state index in [0.29, 0.717) is 5.16 Å². The van der Waals surface area contributed by atoms with Crippen LogP contribution in [0.3, 0.4) is 0 Å². The van der Waals surface area contributed by atoms with Gasteiger partial charge in [0.15, 0.2) is 11.0 Å². The van der Waals surface area contributed by atoms with Gasteiger partial charge in [0, 0.05) is 19.3 Å². The third-order valence-corrected chi connectivity index (χ3v) is 6.39. The Hall–Kier alpha value is -2.13. The fourth-order valence-electron chi connectivity index (χ4n) is 2.33. The monoisotopic (exact) mass is 392 g/mol. The van der Waals surface area contributed by atoms with E-state index in [9.17, 15) is 13.2 Å². The van der Waals surface area contributed by atoms with E-state index in [0.717, 1.165) is 22.7 Å². The van der Waals surface area contributed by atoms with Crippen molar-refractivity contribution in [1.29, 1.82) is 0 Å². The number of nitrogens with zero attached hydrogens (tertiary/aromatic N) is 3. The maximum Gasteiger partial charge on any atom is 0.265 e. The molecule has 1 saturated carbocycles. The highest BCUT2D eigenvalue weighted by molar-refractivity contribution is 7.98. The maximum absolute atomic E-state index is 13.0. The number of carbonyl (C=O) groups excluding carboxylic acids is 1. The van der Waals surface area contributed by atoms with Gasteiger partial charge in [0.25, 0.3) is 15.9 Å². The first-order valence-electron chi connectivity index (χ1n) is 8.10. The van der Waals surface area contributed by atoms with Gasteiger partial charge in [0.2, 0.25) is 0 Å².